The van der Waals surface area contributed by atoms with Gasteiger partial charge in [0.05, 0.1) is 21.1 Å². The summed E-state index contributed by atoms with van der Waals surface area (Å²) in [6, 6.07) is 0. The van der Waals surface area contributed by atoms with Crippen molar-refractivity contribution in [2.24, 2.45) is 10.8 Å². The summed E-state index contributed by atoms with van der Waals surface area (Å²) < 4.78 is 0.867. The summed E-state index contributed by atoms with van der Waals surface area (Å²) in [6.45, 7) is 17.3. The van der Waals surface area contributed by atoms with Gasteiger partial charge in [-0.25, -0.2) is 0 Å². The van der Waals surface area contributed by atoms with Gasteiger partial charge in [-0.15, -0.1) is 35.1 Å². The van der Waals surface area contributed by atoms with Crippen LogP contribution in [0.3, 0.4) is 0 Å². The van der Waals surface area contributed by atoms with Gasteiger partial charge in [0, 0.05) is 5.41 Å². The molecule has 5 nitrogen and oxygen atoms in total. The lowest BCUT2D eigenvalue weighted by atomic mass is 9.71. The van der Waals surface area contributed by atoms with E-state index in [1.807, 2.05) is 34.6 Å². The Morgan fingerprint density at radius 3 is 2.34 bits per heavy atom. The molecule has 29 heavy (non-hydrogen) atoms. The first kappa shape index (κ1) is 22.3. The number of allylic oxidation sites excluding steroid dienone is 3. The van der Waals surface area contributed by atoms with Gasteiger partial charge < -0.3 is 0 Å². The van der Waals surface area contributed by atoms with Crippen LogP contribution in [0.2, 0.25) is 0 Å². The minimum atomic E-state index is -0.589. The second kappa shape index (κ2) is 8.04. The smallest absolute Gasteiger partial charge is 0.237 e. The zero-order valence-electron chi connectivity index (χ0n) is 17.5. The van der Waals surface area contributed by atoms with E-state index < -0.39 is 10.8 Å². The fraction of sp³-hybridized carbons (Fsp3) is 0.524. The topological polar surface area (TPSA) is 63.2 Å². The highest BCUT2D eigenvalue weighted by Gasteiger charge is 2.64. The first-order valence-corrected chi connectivity index (χ1v) is 12.1. The van der Waals surface area contributed by atoms with E-state index in [1.54, 1.807) is 51.9 Å². The molecule has 1 aromatic rings. The molecular weight excluding hydrogens is 422 g/mol. The summed E-state index contributed by atoms with van der Waals surface area (Å²) in [5.74, 6) is -0.00420. The normalized spacial score (nSPS) is 23.5. The molecule has 3 rings (SSSR count). The molecule has 1 aromatic heterocycles. The third kappa shape index (κ3) is 3.75. The minimum Gasteiger partial charge on any atom is -0.295 e. The van der Waals surface area contributed by atoms with Crippen LogP contribution >= 0.6 is 34.9 Å². The van der Waals surface area contributed by atoms with Gasteiger partial charge in [0.15, 0.2) is 10.1 Å². The van der Waals surface area contributed by atoms with Crippen molar-refractivity contribution in [3.05, 3.63) is 41.6 Å². The van der Waals surface area contributed by atoms with E-state index in [0.29, 0.717) is 18.5 Å². The molecule has 8 heteroatoms. The van der Waals surface area contributed by atoms with Gasteiger partial charge in [0.1, 0.15) is 5.01 Å². The Labute approximate surface area is 185 Å². The minimum absolute atomic E-state index is 0.00139. The average Bonchev–Trinajstić information content (AvgIpc) is 3.06. The molecule has 0 N–H and O–H groups in total. The quantitative estimate of drug-likeness (QED) is 0.421. The molecule has 2 atom stereocenters. The molecule has 0 aliphatic carbocycles. The first-order chi connectivity index (χ1) is 13.6. The second-order valence-electron chi connectivity index (χ2n) is 8.45. The molecule has 1 amide bonds. The number of Topliss-reactive ketones (excluding diaryl/α,β-unsaturated/α-hetero) is 1. The predicted molar refractivity (Wildman–Crippen MR) is 122 cm³/mol. The Morgan fingerprint density at radius 1 is 1.24 bits per heavy atom. The number of thioether (sulfide) groups is 2. The molecule has 1 fully saturated rings. The van der Waals surface area contributed by atoms with Gasteiger partial charge >= 0.3 is 0 Å². The number of aromatic nitrogens is 2. The Balaban J connectivity index is 2.07. The van der Waals surface area contributed by atoms with Crippen molar-refractivity contribution in [1.29, 1.82) is 0 Å². The number of carbonyl (C=O) groups excluding carboxylic acids is 2. The zero-order chi connectivity index (χ0) is 21.6. The van der Waals surface area contributed by atoms with Crippen molar-refractivity contribution in [1.82, 2.24) is 15.1 Å². The number of fused-ring (bicyclic) bond motifs is 1. The summed E-state index contributed by atoms with van der Waals surface area (Å²) in [6.07, 6.45) is 4.73. The lowest BCUT2D eigenvalue weighted by molar-refractivity contribution is -0.161. The maximum atomic E-state index is 13.4. The van der Waals surface area contributed by atoms with E-state index in [9.17, 15) is 9.59 Å². The van der Waals surface area contributed by atoms with Crippen molar-refractivity contribution in [2.45, 2.75) is 61.8 Å². The molecular formula is C21H27N3O2S3. The molecule has 2 aliphatic rings. The summed E-state index contributed by atoms with van der Waals surface area (Å²) in [5.41, 5.74) is 0.304. The monoisotopic (exact) mass is 449 g/mol. The highest BCUT2D eigenvalue weighted by atomic mass is 32.2. The third-order valence-corrected chi connectivity index (χ3v) is 9.37. The number of β-lactam (4-membered cyclic amide) rings is 1. The van der Waals surface area contributed by atoms with Gasteiger partial charge in [0.25, 0.3) is 0 Å². The molecule has 0 spiro atoms. The van der Waals surface area contributed by atoms with Gasteiger partial charge in [-0.2, -0.15) is 0 Å². The molecule has 0 bridgehead atoms. The number of hydrogen-bond acceptors (Lipinski definition) is 7. The van der Waals surface area contributed by atoms with Crippen molar-refractivity contribution >= 4 is 46.6 Å². The Kier molecular flexibility index (Phi) is 6.18. The van der Waals surface area contributed by atoms with Crippen LogP contribution in [0.25, 0.3) is 0 Å². The molecule has 156 valence electrons. The van der Waals surface area contributed by atoms with Gasteiger partial charge in [-0.3, -0.25) is 14.5 Å². The maximum Gasteiger partial charge on any atom is 0.237 e. The van der Waals surface area contributed by atoms with Gasteiger partial charge in [0.2, 0.25) is 5.91 Å². The second-order valence-corrected chi connectivity index (χ2v) is 12.5. The number of amides is 1. The van der Waals surface area contributed by atoms with Crippen molar-refractivity contribution in [3.63, 3.8) is 0 Å². The van der Waals surface area contributed by atoms with Crippen LogP contribution < -0.4 is 0 Å². The van der Waals surface area contributed by atoms with Crippen LogP contribution in [0, 0.1) is 17.8 Å². The molecule has 3 heterocycles. The SMILES string of the molecule is C=CCC1(CC=C)C(=O)N2C(C(=O)C(C)(C)C)=C(C)C(Sc3nnc(C)s3)SC21. The largest absolute Gasteiger partial charge is 0.295 e. The molecule has 0 saturated carbocycles. The molecule has 2 aliphatic heterocycles. The van der Waals surface area contributed by atoms with Crippen LogP contribution in [0.1, 0.15) is 45.5 Å². The maximum absolute atomic E-state index is 13.4. The van der Waals surface area contributed by atoms with E-state index in [4.69, 9.17) is 0 Å². The van der Waals surface area contributed by atoms with E-state index >= 15 is 0 Å². The van der Waals surface area contributed by atoms with Crippen molar-refractivity contribution in [3.8, 4) is 0 Å². The summed E-state index contributed by atoms with van der Waals surface area (Å²) in [5, 5.41) is 9.15. The first-order valence-electron chi connectivity index (χ1n) is 9.50. The Hall–Kier alpha value is -1.38. The van der Waals surface area contributed by atoms with E-state index in [1.165, 1.54) is 0 Å². The third-order valence-electron chi connectivity index (χ3n) is 5.20. The number of ketones is 1. The van der Waals surface area contributed by atoms with Crippen LogP contribution in [0.4, 0.5) is 0 Å². The van der Waals surface area contributed by atoms with E-state index in [-0.39, 0.29) is 21.6 Å². The molecule has 0 radical (unpaired) electrons. The van der Waals surface area contributed by atoms with E-state index in [0.717, 1.165) is 14.9 Å². The van der Waals surface area contributed by atoms with Crippen LogP contribution in [0.5, 0.6) is 0 Å². The van der Waals surface area contributed by atoms with Crippen molar-refractivity contribution < 1.29 is 9.59 Å². The summed E-state index contributed by atoms with van der Waals surface area (Å²) in [4.78, 5) is 28.4. The van der Waals surface area contributed by atoms with Crippen molar-refractivity contribution in [2.75, 3.05) is 0 Å². The average molecular weight is 450 g/mol. The van der Waals surface area contributed by atoms with Crippen LogP contribution in [-0.2, 0) is 9.59 Å². The molecule has 0 aromatic carbocycles. The number of nitrogens with zero attached hydrogens (tertiary/aromatic N) is 3. The number of carbonyl (C=O) groups is 2. The van der Waals surface area contributed by atoms with E-state index in [2.05, 4.69) is 23.4 Å². The highest BCUT2D eigenvalue weighted by molar-refractivity contribution is 8.18. The Morgan fingerprint density at radius 2 is 1.86 bits per heavy atom. The lowest BCUT2D eigenvalue weighted by Crippen LogP contribution is -2.69. The fourth-order valence-corrected chi connectivity index (χ4v) is 7.95. The molecule has 1 saturated heterocycles. The van der Waals surface area contributed by atoms with Gasteiger partial charge in [-0.1, -0.05) is 56.0 Å². The standard InChI is InChI=1S/C21H27N3O2S3/c1-8-10-21(11-9-2)17(26)24-14(15(25)20(5,6)7)12(3)16(28-18(21)24)29-19-23-22-13(4)27-19/h8-9,16,18H,1-2,10-11H2,3-7H3. The Bertz CT molecular complexity index is 887. The van der Waals surface area contributed by atoms with Gasteiger partial charge in [-0.05, 0) is 32.3 Å². The number of aryl methyl sites for hydroxylation is 1. The number of rotatable bonds is 7. The fourth-order valence-electron chi connectivity index (χ4n) is 3.72. The predicted octanol–water partition coefficient (Wildman–Crippen LogP) is 5.21. The molecule has 2 unspecified atom stereocenters. The lowest BCUT2D eigenvalue weighted by Gasteiger charge is -2.59. The summed E-state index contributed by atoms with van der Waals surface area (Å²) in [7, 11) is 0. The summed E-state index contributed by atoms with van der Waals surface area (Å²) >= 11 is 4.87. The highest BCUT2D eigenvalue weighted by Crippen LogP contribution is 2.59. The number of hydrogen-bond donors (Lipinski definition) is 0. The zero-order valence-corrected chi connectivity index (χ0v) is 20.0. The van der Waals surface area contributed by atoms with Crippen LogP contribution in [-0.4, -0.2) is 36.7 Å². The van der Waals surface area contributed by atoms with Crippen LogP contribution in [0.15, 0.2) is 40.9 Å².